The van der Waals surface area contributed by atoms with Crippen molar-refractivity contribution in [2.75, 3.05) is 32.0 Å². The molecule has 0 amide bonds. The summed E-state index contributed by atoms with van der Waals surface area (Å²) < 4.78 is 38.4. The number of benzene rings is 1. The van der Waals surface area contributed by atoms with E-state index >= 15 is 0 Å². The van der Waals surface area contributed by atoms with Gasteiger partial charge >= 0.3 is 6.18 Å². The highest BCUT2D eigenvalue weighted by atomic mass is 32.1. The number of nitrogens with zero attached hydrogens (tertiary/aromatic N) is 1. The van der Waals surface area contributed by atoms with Crippen molar-refractivity contribution in [2.45, 2.75) is 44.8 Å². The minimum absolute atomic E-state index is 0.382. The van der Waals surface area contributed by atoms with Crippen LogP contribution in [0.1, 0.15) is 38.2 Å². The van der Waals surface area contributed by atoms with E-state index < -0.39 is 11.7 Å². The van der Waals surface area contributed by atoms with Crippen LogP contribution in [-0.2, 0) is 6.18 Å². The molecule has 1 saturated heterocycles. The summed E-state index contributed by atoms with van der Waals surface area (Å²) in [5.41, 5.74) is -0.284. The van der Waals surface area contributed by atoms with Gasteiger partial charge in [-0.3, -0.25) is 0 Å². The van der Waals surface area contributed by atoms with E-state index in [2.05, 4.69) is 24.2 Å². The maximum atomic E-state index is 12.8. The number of piperidine rings is 1. The predicted molar refractivity (Wildman–Crippen MR) is 98.9 cm³/mol. The fourth-order valence-corrected chi connectivity index (χ4v) is 3.51. The highest BCUT2D eigenvalue weighted by molar-refractivity contribution is 7.80. The topological polar surface area (TPSA) is 19.7 Å². The van der Waals surface area contributed by atoms with E-state index in [0.717, 1.165) is 38.1 Å². The van der Waals surface area contributed by atoms with Gasteiger partial charge in [-0.1, -0.05) is 19.4 Å². The van der Waals surface area contributed by atoms with E-state index in [9.17, 15) is 13.2 Å². The number of anilines is 1. The lowest BCUT2D eigenvalue weighted by molar-refractivity contribution is -0.907. The van der Waals surface area contributed by atoms with Gasteiger partial charge in [-0.2, -0.15) is 13.2 Å². The molecule has 1 heterocycles. The predicted octanol–water partition coefficient (Wildman–Crippen LogP) is 3.18. The largest absolute Gasteiger partial charge is 0.416 e. The fraction of sp³-hybridized carbons (Fsp3) is 0.611. The molecule has 0 saturated carbocycles. The maximum Gasteiger partial charge on any atom is 0.416 e. The van der Waals surface area contributed by atoms with Crippen LogP contribution in [0.5, 0.6) is 0 Å². The summed E-state index contributed by atoms with van der Waals surface area (Å²) in [6.07, 6.45) is 0.214. The van der Waals surface area contributed by atoms with E-state index in [1.165, 1.54) is 25.5 Å². The first-order valence-electron chi connectivity index (χ1n) is 8.86. The SMILES string of the molecule is CCCC[NH+](C)C1CCN(C(=S)Nc2cccc(C(F)(F)F)c2)CC1. The highest BCUT2D eigenvalue weighted by Crippen LogP contribution is 2.30. The minimum atomic E-state index is -4.34. The van der Waals surface area contributed by atoms with Crippen LogP contribution < -0.4 is 10.2 Å². The second-order valence-corrected chi connectivity index (χ2v) is 7.11. The number of hydrogen-bond donors (Lipinski definition) is 2. The van der Waals surface area contributed by atoms with Crippen molar-refractivity contribution in [1.82, 2.24) is 4.90 Å². The van der Waals surface area contributed by atoms with Crippen LogP contribution in [0.25, 0.3) is 0 Å². The smallest absolute Gasteiger partial charge is 0.349 e. The third-order valence-electron chi connectivity index (χ3n) is 4.84. The fourth-order valence-electron chi connectivity index (χ4n) is 3.21. The zero-order valence-corrected chi connectivity index (χ0v) is 15.6. The molecule has 1 aliphatic rings. The quantitative estimate of drug-likeness (QED) is 0.773. The van der Waals surface area contributed by atoms with Crippen molar-refractivity contribution >= 4 is 23.0 Å². The molecule has 2 N–H and O–H groups in total. The molecule has 0 aromatic heterocycles. The summed E-state index contributed by atoms with van der Waals surface area (Å²) in [4.78, 5) is 3.62. The van der Waals surface area contributed by atoms with Gasteiger partial charge in [0.05, 0.1) is 25.2 Å². The highest BCUT2D eigenvalue weighted by Gasteiger charge is 2.31. The number of halogens is 3. The van der Waals surface area contributed by atoms with Crippen molar-refractivity contribution in [1.29, 1.82) is 0 Å². The Labute approximate surface area is 153 Å². The Bertz CT molecular complexity index is 569. The molecule has 1 fully saturated rings. The number of thiocarbonyl (C=S) groups is 1. The zero-order chi connectivity index (χ0) is 18.4. The summed E-state index contributed by atoms with van der Waals surface area (Å²) in [6, 6.07) is 5.80. The van der Waals surface area contributed by atoms with E-state index in [1.54, 1.807) is 11.0 Å². The Morgan fingerprint density at radius 3 is 2.60 bits per heavy atom. The van der Waals surface area contributed by atoms with Crippen LogP contribution in [0.2, 0.25) is 0 Å². The Hall–Kier alpha value is -1.34. The second kappa shape index (κ2) is 8.85. The van der Waals surface area contributed by atoms with Gasteiger partial charge < -0.3 is 15.1 Å². The first-order chi connectivity index (χ1) is 11.8. The monoisotopic (exact) mass is 374 g/mol. The molecule has 1 atom stereocenters. The molecule has 25 heavy (non-hydrogen) atoms. The zero-order valence-electron chi connectivity index (χ0n) is 14.8. The van der Waals surface area contributed by atoms with Crippen molar-refractivity contribution in [3.8, 4) is 0 Å². The van der Waals surface area contributed by atoms with Gasteiger partial charge in [-0.05, 0) is 36.8 Å². The van der Waals surface area contributed by atoms with Gasteiger partial charge in [-0.15, -0.1) is 0 Å². The molecule has 0 aliphatic carbocycles. The van der Waals surface area contributed by atoms with Crippen LogP contribution in [0, 0.1) is 0 Å². The Morgan fingerprint density at radius 2 is 2.00 bits per heavy atom. The standard InChI is InChI=1S/C18H26F3N3S/c1-3-4-10-23(2)16-8-11-24(12-9-16)17(25)22-15-7-5-6-14(13-15)18(19,20)21/h5-7,13,16H,3-4,8-12H2,1-2H3,(H,22,25)/p+1. The molecule has 0 spiro atoms. The number of rotatable bonds is 5. The van der Waals surface area contributed by atoms with Gasteiger partial charge in [0.15, 0.2) is 5.11 Å². The summed E-state index contributed by atoms with van der Waals surface area (Å²) >= 11 is 5.39. The third-order valence-corrected chi connectivity index (χ3v) is 5.21. The Morgan fingerprint density at radius 1 is 1.32 bits per heavy atom. The lowest BCUT2D eigenvalue weighted by atomic mass is 10.0. The van der Waals surface area contributed by atoms with Crippen LogP contribution >= 0.6 is 12.2 Å². The number of unbranched alkanes of at least 4 members (excludes halogenated alkanes) is 1. The molecule has 0 radical (unpaired) electrons. The van der Waals surface area contributed by atoms with E-state index in [0.29, 0.717) is 16.8 Å². The number of likely N-dealkylation sites (tertiary alicyclic amines) is 1. The summed E-state index contributed by atoms with van der Waals surface area (Å²) in [5.74, 6) is 0. The second-order valence-electron chi connectivity index (χ2n) is 6.72. The summed E-state index contributed by atoms with van der Waals surface area (Å²) in [5, 5.41) is 3.46. The van der Waals surface area contributed by atoms with Crippen molar-refractivity contribution < 1.29 is 18.1 Å². The molecule has 1 unspecified atom stereocenters. The number of alkyl halides is 3. The average molecular weight is 374 g/mol. The van der Waals surface area contributed by atoms with Gasteiger partial charge in [0.25, 0.3) is 0 Å². The molecule has 1 aliphatic heterocycles. The molecule has 0 bridgehead atoms. The van der Waals surface area contributed by atoms with Crippen molar-refractivity contribution in [3.63, 3.8) is 0 Å². The van der Waals surface area contributed by atoms with Crippen LogP contribution in [0.15, 0.2) is 24.3 Å². The Kier molecular flexibility index (Phi) is 7.07. The van der Waals surface area contributed by atoms with Crippen molar-refractivity contribution in [3.05, 3.63) is 29.8 Å². The average Bonchev–Trinajstić information content (AvgIpc) is 2.59. The molecule has 2 rings (SSSR count). The van der Waals surface area contributed by atoms with Gasteiger partial charge in [-0.25, -0.2) is 0 Å². The lowest BCUT2D eigenvalue weighted by Gasteiger charge is -2.36. The van der Waals surface area contributed by atoms with Crippen molar-refractivity contribution in [2.24, 2.45) is 0 Å². The summed E-state index contributed by atoms with van der Waals surface area (Å²) in [6.45, 7) is 5.08. The summed E-state index contributed by atoms with van der Waals surface area (Å²) in [7, 11) is 2.25. The molecule has 7 heteroatoms. The normalized spacial score (nSPS) is 17.4. The number of nitrogens with one attached hydrogen (secondary N) is 2. The van der Waals surface area contributed by atoms with Gasteiger partial charge in [0.1, 0.15) is 0 Å². The molecule has 1 aromatic carbocycles. The van der Waals surface area contributed by atoms with Gasteiger partial charge in [0.2, 0.25) is 0 Å². The maximum absolute atomic E-state index is 12.8. The number of hydrogen-bond acceptors (Lipinski definition) is 1. The molecule has 140 valence electrons. The first-order valence-corrected chi connectivity index (χ1v) is 9.27. The molecule has 1 aromatic rings. The van der Waals surface area contributed by atoms with Gasteiger partial charge in [0, 0.05) is 31.6 Å². The third kappa shape index (κ3) is 5.85. The van der Waals surface area contributed by atoms with Crippen LogP contribution in [0.4, 0.5) is 18.9 Å². The van der Waals surface area contributed by atoms with E-state index in [1.807, 2.05) is 0 Å². The molecular weight excluding hydrogens is 347 g/mol. The van der Waals surface area contributed by atoms with Crippen LogP contribution in [-0.4, -0.2) is 42.7 Å². The van der Waals surface area contributed by atoms with E-state index in [-0.39, 0.29) is 0 Å². The molecule has 3 nitrogen and oxygen atoms in total. The van der Waals surface area contributed by atoms with Crippen LogP contribution in [0.3, 0.4) is 0 Å². The molecular formula is C18H27F3N3S+. The Balaban J connectivity index is 1.87. The minimum Gasteiger partial charge on any atom is -0.349 e. The lowest BCUT2D eigenvalue weighted by Crippen LogP contribution is -3.13. The van der Waals surface area contributed by atoms with E-state index in [4.69, 9.17) is 12.2 Å². The first kappa shape index (κ1) is 20.0. The number of quaternary nitrogens is 1.